The van der Waals surface area contributed by atoms with Crippen molar-refractivity contribution in [3.63, 3.8) is 0 Å². The summed E-state index contributed by atoms with van der Waals surface area (Å²) in [5.74, 6) is -1.43. The van der Waals surface area contributed by atoms with Gasteiger partial charge in [0, 0.05) is 16.7 Å². The zero-order valence-corrected chi connectivity index (χ0v) is 14.8. The molecule has 1 aliphatic heterocycles. The second-order valence-electron chi connectivity index (χ2n) is 6.84. The normalized spacial score (nSPS) is 15.2. The van der Waals surface area contributed by atoms with Crippen LogP contribution in [0.5, 0.6) is 0 Å². The molecule has 1 fully saturated rings. The van der Waals surface area contributed by atoms with E-state index >= 15 is 13.2 Å². The first-order valence-corrected chi connectivity index (χ1v) is 9.16. The topological polar surface area (TPSA) is 3.24 Å². The second kappa shape index (κ2) is 7.20. The molecular weight excluding hydrogens is 347 g/mol. The summed E-state index contributed by atoms with van der Waals surface area (Å²) in [5, 5.41) is 0. The average Bonchev–Trinajstić information content (AvgIpc) is 3.21. The Morgan fingerprint density at radius 3 is 1.22 bits per heavy atom. The fourth-order valence-corrected chi connectivity index (χ4v) is 4.26. The van der Waals surface area contributed by atoms with Crippen molar-refractivity contribution in [2.24, 2.45) is 0 Å². The third-order valence-electron chi connectivity index (χ3n) is 5.37. The van der Waals surface area contributed by atoms with Gasteiger partial charge >= 0.3 is 0 Å². The van der Waals surface area contributed by atoms with Crippen molar-refractivity contribution in [3.05, 3.63) is 107 Å². The van der Waals surface area contributed by atoms with Crippen molar-refractivity contribution in [2.45, 2.75) is 18.4 Å². The Labute approximate surface area is 157 Å². The summed E-state index contributed by atoms with van der Waals surface area (Å²) in [6.45, 7) is 1.27. The van der Waals surface area contributed by atoms with Crippen LogP contribution >= 0.6 is 0 Å². The first kappa shape index (κ1) is 17.8. The standard InChI is InChI=1S/C23H20F3N/c24-20-12-4-1-9-17(20)23(27-15-7-8-16-27,18-10-2-5-13-21(18)25)19-11-3-6-14-22(19)26/h1-6,9-14H,7-8,15-16H2. The molecule has 138 valence electrons. The summed E-state index contributed by atoms with van der Waals surface area (Å²) in [4.78, 5) is 2.00. The van der Waals surface area contributed by atoms with Gasteiger partial charge in [-0.25, -0.2) is 13.2 Å². The minimum atomic E-state index is -1.36. The predicted octanol–water partition coefficient (Wildman–Crippen LogP) is 5.49. The molecule has 0 spiro atoms. The quantitative estimate of drug-likeness (QED) is 0.551. The molecule has 0 N–H and O–H groups in total. The highest BCUT2D eigenvalue weighted by atomic mass is 19.1. The molecule has 0 amide bonds. The lowest BCUT2D eigenvalue weighted by Gasteiger charge is -2.43. The highest BCUT2D eigenvalue weighted by molar-refractivity contribution is 5.51. The summed E-state index contributed by atoms with van der Waals surface area (Å²) >= 11 is 0. The molecule has 0 saturated carbocycles. The first-order chi connectivity index (χ1) is 13.2. The molecule has 0 radical (unpaired) electrons. The number of likely N-dealkylation sites (tertiary alicyclic amines) is 1. The van der Waals surface area contributed by atoms with Crippen LogP contribution in [0.2, 0.25) is 0 Å². The average molecular weight is 367 g/mol. The van der Waals surface area contributed by atoms with E-state index in [1.807, 2.05) is 4.90 Å². The van der Waals surface area contributed by atoms with Crippen LogP contribution < -0.4 is 0 Å². The molecule has 0 aromatic heterocycles. The van der Waals surface area contributed by atoms with E-state index in [0.717, 1.165) is 12.8 Å². The minimum Gasteiger partial charge on any atom is -0.286 e. The lowest BCUT2D eigenvalue weighted by molar-refractivity contribution is 0.184. The lowest BCUT2D eigenvalue weighted by atomic mass is 9.75. The molecule has 0 bridgehead atoms. The Morgan fingerprint density at radius 2 is 0.889 bits per heavy atom. The van der Waals surface area contributed by atoms with Gasteiger partial charge in [-0.15, -0.1) is 0 Å². The molecule has 4 rings (SSSR count). The van der Waals surface area contributed by atoms with Crippen molar-refractivity contribution in [3.8, 4) is 0 Å². The molecule has 1 aliphatic rings. The second-order valence-corrected chi connectivity index (χ2v) is 6.84. The summed E-state index contributed by atoms with van der Waals surface area (Å²) in [6, 6.07) is 18.9. The van der Waals surface area contributed by atoms with Gasteiger partial charge in [0.25, 0.3) is 0 Å². The van der Waals surface area contributed by atoms with Crippen molar-refractivity contribution >= 4 is 0 Å². The third-order valence-corrected chi connectivity index (χ3v) is 5.37. The monoisotopic (exact) mass is 367 g/mol. The van der Waals surface area contributed by atoms with Gasteiger partial charge in [0.1, 0.15) is 23.0 Å². The van der Waals surface area contributed by atoms with Crippen molar-refractivity contribution in [1.82, 2.24) is 4.90 Å². The SMILES string of the molecule is Fc1ccccc1C(c1ccccc1F)(c1ccccc1F)N1CCCC1. The number of hydrogen-bond acceptors (Lipinski definition) is 1. The summed E-state index contributed by atoms with van der Waals surface area (Å²) in [6.07, 6.45) is 1.80. The number of halogens is 3. The van der Waals surface area contributed by atoms with Crippen molar-refractivity contribution in [2.75, 3.05) is 13.1 Å². The number of nitrogens with zero attached hydrogens (tertiary/aromatic N) is 1. The Morgan fingerprint density at radius 1 is 0.556 bits per heavy atom. The van der Waals surface area contributed by atoms with Crippen LogP contribution in [0.25, 0.3) is 0 Å². The molecule has 3 aromatic carbocycles. The Balaban J connectivity index is 2.14. The fourth-order valence-electron chi connectivity index (χ4n) is 4.26. The van der Waals surface area contributed by atoms with Crippen molar-refractivity contribution in [1.29, 1.82) is 0 Å². The molecule has 0 aliphatic carbocycles. The molecule has 3 aromatic rings. The van der Waals surface area contributed by atoms with Crippen molar-refractivity contribution < 1.29 is 13.2 Å². The van der Waals surface area contributed by atoms with Gasteiger partial charge in [-0.2, -0.15) is 0 Å². The predicted molar refractivity (Wildman–Crippen MR) is 99.9 cm³/mol. The van der Waals surface area contributed by atoms with Crippen LogP contribution in [0.3, 0.4) is 0 Å². The van der Waals surface area contributed by atoms with Gasteiger partial charge in [0.05, 0.1) is 0 Å². The van der Waals surface area contributed by atoms with E-state index < -0.39 is 23.0 Å². The highest BCUT2D eigenvalue weighted by Gasteiger charge is 2.47. The summed E-state index contributed by atoms with van der Waals surface area (Å²) in [5.41, 5.74) is -0.565. The molecule has 0 unspecified atom stereocenters. The summed E-state index contributed by atoms with van der Waals surface area (Å²) < 4.78 is 45.3. The number of rotatable bonds is 4. The van der Waals surface area contributed by atoms with Crippen LogP contribution in [-0.4, -0.2) is 18.0 Å². The fraction of sp³-hybridized carbons (Fsp3) is 0.217. The first-order valence-electron chi connectivity index (χ1n) is 9.16. The zero-order chi connectivity index (χ0) is 18.9. The zero-order valence-electron chi connectivity index (χ0n) is 14.8. The van der Waals surface area contributed by atoms with Crippen LogP contribution in [-0.2, 0) is 5.54 Å². The summed E-state index contributed by atoms with van der Waals surface area (Å²) in [7, 11) is 0. The molecule has 0 atom stereocenters. The largest absolute Gasteiger partial charge is 0.286 e. The lowest BCUT2D eigenvalue weighted by Crippen LogP contribution is -2.48. The van der Waals surface area contributed by atoms with Gasteiger partial charge in [-0.1, -0.05) is 54.6 Å². The van der Waals surface area contributed by atoms with E-state index in [0.29, 0.717) is 13.1 Å². The smallest absolute Gasteiger partial charge is 0.128 e. The van der Waals surface area contributed by atoms with E-state index in [-0.39, 0.29) is 16.7 Å². The van der Waals surface area contributed by atoms with Gasteiger partial charge in [-0.05, 0) is 44.1 Å². The Bertz CT molecular complexity index is 837. The number of hydrogen-bond donors (Lipinski definition) is 0. The van der Waals surface area contributed by atoms with E-state index in [9.17, 15) is 0 Å². The Hall–Kier alpha value is -2.59. The molecule has 1 nitrogen and oxygen atoms in total. The molecule has 4 heteroatoms. The molecular formula is C23H20F3N. The van der Waals surface area contributed by atoms with E-state index in [1.54, 1.807) is 54.6 Å². The maximum atomic E-state index is 15.1. The van der Waals surface area contributed by atoms with Gasteiger partial charge in [0.2, 0.25) is 0 Å². The van der Waals surface area contributed by atoms with Crippen LogP contribution in [0.15, 0.2) is 72.8 Å². The van der Waals surface area contributed by atoms with Gasteiger partial charge < -0.3 is 0 Å². The van der Waals surface area contributed by atoms with E-state index in [2.05, 4.69) is 0 Å². The highest BCUT2D eigenvalue weighted by Crippen LogP contribution is 2.46. The minimum absolute atomic E-state index is 0.266. The third kappa shape index (κ3) is 2.85. The van der Waals surface area contributed by atoms with Crippen LogP contribution in [0.4, 0.5) is 13.2 Å². The molecule has 1 saturated heterocycles. The molecule has 27 heavy (non-hydrogen) atoms. The molecule has 1 heterocycles. The van der Waals surface area contributed by atoms with E-state index in [4.69, 9.17) is 0 Å². The van der Waals surface area contributed by atoms with Gasteiger partial charge in [-0.3, -0.25) is 4.90 Å². The van der Waals surface area contributed by atoms with Crippen LogP contribution in [0.1, 0.15) is 29.5 Å². The Kier molecular flexibility index (Phi) is 4.75. The van der Waals surface area contributed by atoms with Gasteiger partial charge in [0.15, 0.2) is 0 Å². The van der Waals surface area contributed by atoms with Crippen LogP contribution in [0, 0.1) is 17.5 Å². The van der Waals surface area contributed by atoms with E-state index in [1.165, 1.54) is 18.2 Å². The number of benzene rings is 3. The maximum absolute atomic E-state index is 15.1. The maximum Gasteiger partial charge on any atom is 0.128 e.